The van der Waals surface area contributed by atoms with Gasteiger partial charge in [-0.05, 0) is 18.8 Å². The predicted octanol–water partition coefficient (Wildman–Crippen LogP) is 0.472. The van der Waals surface area contributed by atoms with Gasteiger partial charge >= 0.3 is 5.97 Å². The van der Waals surface area contributed by atoms with Gasteiger partial charge in [0, 0.05) is 32.1 Å². The number of hydrogen-bond donors (Lipinski definition) is 1. The number of carbonyl (C=O) groups excluding carboxylic acids is 1. The number of aromatic nitrogens is 2. The fraction of sp³-hybridized carbons (Fsp3) is 0.583. The van der Waals surface area contributed by atoms with E-state index in [-0.39, 0.29) is 12.3 Å². The number of nitrogens with zero attached hydrogens (tertiary/aromatic N) is 3. The van der Waals surface area contributed by atoms with Crippen molar-refractivity contribution >= 4 is 11.8 Å². The normalized spacial score (nSPS) is 16.7. The van der Waals surface area contributed by atoms with E-state index in [1.165, 1.54) is 13.3 Å². The van der Waals surface area contributed by atoms with E-state index in [1.807, 2.05) is 4.90 Å². The average molecular weight is 251 g/mol. The first-order valence-electron chi connectivity index (χ1n) is 6.01. The van der Waals surface area contributed by atoms with Crippen LogP contribution in [0.2, 0.25) is 0 Å². The summed E-state index contributed by atoms with van der Waals surface area (Å²) in [6.45, 7) is 1.76. The van der Waals surface area contributed by atoms with Crippen LogP contribution in [-0.4, -0.2) is 47.8 Å². The van der Waals surface area contributed by atoms with Crippen molar-refractivity contribution in [3.63, 3.8) is 0 Å². The maximum atomic E-state index is 11.6. The molecule has 98 valence electrons. The molecule has 0 radical (unpaired) electrons. The first kappa shape index (κ1) is 12.8. The Kier molecular flexibility index (Phi) is 4.09. The molecule has 18 heavy (non-hydrogen) atoms. The van der Waals surface area contributed by atoms with Crippen molar-refractivity contribution in [2.45, 2.75) is 12.8 Å². The second-order valence-electron chi connectivity index (χ2n) is 4.33. The molecule has 2 heterocycles. The summed E-state index contributed by atoms with van der Waals surface area (Å²) in [6, 6.07) is 0. The van der Waals surface area contributed by atoms with Crippen LogP contribution in [0.1, 0.15) is 23.3 Å². The summed E-state index contributed by atoms with van der Waals surface area (Å²) >= 11 is 0. The van der Waals surface area contributed by atoms with Gasteiger partial charge in [-0.1, -0.05) is 0 Å². The smallest absolute Gasteiger partial charge is 0.360 e. The number of esters is 1. The van der Waals surface area contributed by atoms with Crippen molar-refractivity contribution < 1.29 is 14.6 Å². The lowest BCUT2D eigenvalue weighted by Gasteiger charge is -2.32. The van der Waals surface area contributed by atoms with E-state index in [9.17, 15) is 4.79 Å². The minimum atomic E-state index is -0.470. The largest absolute Gasteiger partial charge is 0.464 e. The molecule has 0 atom stereocenters. The van der Waals surface area contributed by atoms with Crippen LogP contribution in [0.15, 0.2) is 12.4 Å². The van der Waals surface area contributed by atoms with Gasteiger partial charge in [-0.15, -0.1) is 0 Å². The van der Waals surface area contributed by atoms with Crippen LogP contribution in [-0.2, 0) is 4.74 Å². The van der Waals surface area contributed by atoms with E-state index in [0.29, 0.717) is 11.7 Å². The van der Waals surface area contributed by atoms with Crippen molar-refractivity contribution in [2.24, 2.45) is 5.92 Å². The van der Waals surface area contributed by atoms with Crippen LogP contribution < -0.4 is 4.90 Å². The summed E-state index contributed by atoms with van der Waals surface area (Å²) in [5.41, 5.74) is 0.252. The van der Waals surface area contributed by atoms with Gasteiger partial charge in [0.15, 0.2) is 11.5 Å². The molecule has 1 fully saturated rings. The molecule has 1 saturated heterocycles. The van der Waals surface area contributed by atoms with E-state index in [0.717, 1.165) is 25.9 Å². The second-order valence-corrected chi connectivity index (χ2v) is 4.33. The number of hydrogen-bond acceptors (Lipinski definition) is 6. The highest BCUT2D eigenvalue weighted by Crippen LogP contribution is 2.23. The van der Waals surface area contributed by atoms with Gasteiger partial charge in [0.05, 0.1) is 7.11 Å². The molecule has 0 unspecified atom stereocenters. The first-order valence-corrected chi connectivity index (χ1v) is 6.01. The van der Waals surface area contributed by atoms with Gasteiger partial charge in [0.2, 0.25) is 0 Å². The topological polar surface area (TPSA) is 75.5 Å². The Hall–Kier alpha value is -1.69. The van der Waals surface area contributed by atoms with Crippen LogP contribution in [0.4, 0.5) is 5.82 Å². The summed E-state index contributed by atoms with van der Waals surface area (Å²) < 4.78 is 4.70. The zero-order chi connectivity index (χ0) is 13.0. The predicted molar refractivity (Wildman–Crippen MR) is 65.4 cm³/mol. The highest BCUT2D eigenvalue weighted by Gasteiger charge is 2.24. The number of rotatable bonds is 3. The Bertz CT molecular complexity index is 417. The Morgan fingerprint density at radius 2 is 2.11 bits per heavy atom. The molecule has 0 spiro atoms. The minimum Gasteiger partial charge on any atom is -0.464 e. The van der Waals surface area contributed by atoms with Gasteiger partial charge in [-0.25, -0.2) is 14.8 Å². The third kappa shape index (κ3) is 2.59. The molecule has 1 aromatic heterocycles. The van der Waals surface area contributed by atoms with E-state index >= 15 is 0 Å². The van der Waals surface area contributed by atoms with Crippen LogP contribution in [0.3, 0.4) is 0 Å². The molecule has 1 aliphatic heterocycles. The molecule has 0 amide bonds. The molecule has 0 aliphatic carbocycles. The second kappa shape index (κ2) is 5.77. The van der Waals surface area contributed by atoms with E-state index in [2.05, 4.69) is 9.97 Å². The zero-order valence-corrected chi connectivity index (χ0v) is 10.4. The number of piperidine rings is 1. The Balaban J connectivity index is 2.16. The molecule has 1 aliphatic rings. The van der Waals surface area contributed by atoms with Crippen LogP contribution in [0.5, 0.6) is 0 Å². The number of carbonyl (C=O) groups is 1. The monoisotopic (exact) mass is 251 g/mol. The van der Waals surface area contributed by atoms with Crippen LogP contribution >= 0.6 is 0 Å². The van der Waals surface area contributed by atoms with Gasteiger partial charge < -0.3 is 14.7 Å². The molecule has 2 rings (SSSR count). The Morgan fingerprint density at radius 3 is 2.72 bits per heavy atom. The lowest BCUT2D eigenvalue weighted by molar-refractivity contribution is 0.0594. The molecular formula is C12H17N3O3. The molecule has 6 nitrogen and oxygen atoms in total. The van der Waals surface area contributed by atoms with Crippen molar-refractivity contribution in [3.05, 3.63) is 18.1 Å². The van der Waals surface area contributed by atoms with Gasteiger partial charge in [-0.2, -0.15) is 0 Å². The molecule has 0 saturated carbocycles. The number of ether oxygens (including phenoxy) is 1. The fourth-order valence-corrected chi connectivity index (χ4v) is 2.13. The number of aliphatic hydroxyl groups excluding tert-OH is 1. The maximum absolute atomic E-state index is 11.6. The Morgan fingerprint density at radius 1 is 1.44 bits per heavy atom. The molecule has 6 heteroatoms. The Labute approximate surface area is 106 Å². The summed E-state index contributed by atoms with van der Waals surface area (Å²) in [5.74, 6) is 0.447. The highest BCUT2D eigenvalue weighted by molar-refractivity contribution is 5.92. The minimum absolute atomic E-state index is 0.220. The molecule has 1 N–H and O–H groups in total. The van der Waals surface area contributed by atoms with Gasteiger partial charge in [0.25, 0.3) is 0 Å². The molecule has 0 bridgehead atoms. The van der Waals surface area contributed by atoms with E-state index in [1.54, 1.807) is 6.20 Å². The van der Waals surface area contributed by atoms with Crippen LogP contribution in [0, 0.1) is 5.92 Å². The number of methoxy groups -OCH3 is 1. The third-order valence-corrected chi connectivity index (χ3v) is 3.23. The van der Waals surface area contributed by atoms with Crippen molar-refractivity contribution in [2.75, 3.05) is 31.7 Å². The zero-order valence-electron chi connectivity index (χ0n) is 10.4. The lowest BCUT2D eigenvalue weighted by Crippen LogP contribution is -2.36. The summed E-state index contributed by atoms with van der Waals surface area (Å²) in [5, 5.41) is 9.11. The quantitative estimate of drug-likeness (QED) is 0.787. The first-order chi connectivity index (χ1) is 8.76. The molecular weight excluding hydrogens is 234 g/mol. The van der Waals surface area contributed by atoms with Crippen molar-refractivity contribution in [1.82, 2.24) is 9.97 Å². The highest BCUT2D eigenvalue weighted by atomic mass is 16.5. The third-order valence-electron chi connectivity index (χ3n) is 3.23. The van der Waals surface area contributed by atoms with Gasteiger partial charge in [-0.3, -0.25) is 0 Å². The maximum Gasteiger partial charge on any atom is 0.360 e. The van der Waals surface area contributed by atoms with E-state index < -0.39 is 5.97 Å². The fourth-order valence-electron chi connectivity index (χ4n) is 2.13. The van der Waals surface area contributed by atoms with E-state index in [4.69, 9.17) is 9.84 Å². The SMILES string of the molecule is COC(=O)c1nccnc1N1CCC(CO)CC1. The van der Waals surface area contributed by atoms with Gasteiger partial charge in [0.1, 0.15) is 0 Å². The average Bonchev–Trinajstić information content (AvgIpc) is 2.46. The summed E-state index contributed by atoms with van der Waals surface area (Å²) in [6.07, 6.45) is 4.84. The van der Waals surface area contributed by atoms with Crippen molar-refractivity contribution in [1.29, 1.82) is 0 Å². The lowest BCUT2D eigenvalue weighted by atomic mass is 9.98. The summed E-state index contributed by atoms with van der Waals surface area (Å²) in [7, 11) is 1.33. The number of anilines is 1. The standard InChI is InChI=1S/C12H17N3O3/c1-18-12(17)10-11(14-5-4-13-10)15-6-2-9(8-16)3-7-15/h4-5,9,16H,2-3,6-8H2,1H3. The molecule has 1 aromatic rings. The number of aliphatic hydroxyl groups is 1. The van der Waals surface area contributed by atoms with Crippen molar-refractivity contribution in [3.8, 4) is 0 Å². The molecule has 0 aromatic carbocycles. The summed E-state index contributed by atoms with van der Waals surface area (Å²) in [4.78, 5) is 21.9. The van der Waals surface area contributed by atoms with Crippen LogP contribution in [0.25, 0.3) is 0 Å².